The summed E-state index contributed by atoms with van der Waals surface area (Å²) in [5.41, 5.74) is 1.16. The third-order valence-corrected chi connectivity index (χ3v) is 6.92. The van der Waals surface area contributed by atoms with Crippen LogP contribution in [0.25, 0.3) is 0 Å². The third-order valence-electron chi connectivity index (χ3n) is 6.43. The van der Waals surface area contributed by atoms with Crippen molar-refractivity contribution in [1.82, 2.24) is 4.90 Å². The summed E-state index contributed by atoms with van der Waals surface area (Å²) in [5, 5.41) is 0.994. The molecule has 2 saturated heterocycles. The van der Waals surface area contributed by atoms with Gasteiger partial charge in [0.1, 0.15) is 11.8 Å². The molecule has 5 rings (SSSR count). The summed E-state index contributed by atoms with van der Waals surface area (Å²) < 4.78 is 5.62. The molecule has 0 saturated carbocycles. The lowest BCUT2D eigenvalue weighted by Crippen LogP contribution is -2.45. The molecule has 3 aromatic rings. The average Bonchev–Trinajstić information content (AvgIpc) is 3.26. The van der Waals surface area contributed by atoms with Gasteiger partial charge in [-0.15, -0.1) is 0 Å². The molecule has 2 amide bonds. The van der Waals surface area contributed by atoms with Crippen molar-refractivity contribution in [3.05, 3.63) is 94.5 Å². The van der Waals surface area contributed by atoms with Crippen molar-refractivity contribution in [2.75, 3.05) is 11.9 Å². The number of carbonyl (C=O) groups is 3. The van der Waals surface area contributed by atoms with Gasteiger partial charge < -0.3 is 4.74 Å². The van der Waals surface area contributed by atoms with Gasteiger partial charge in [-0.25, -0.2) is 9.69 Å². The minimum Gasteiger partial charge on any atom is -0.425 e. The quantitative estimate of drug-likeness (QED) is 0.297. The van der Waals surface area contributed by atoms with E-state index in [-0.39, 0.29) is 5.91 Å². The van der Waals surface area contributed by atoms with E-state index < -0.39 is 35.8 Å². The van der Waals surface area contributed by atoms with Crippen molar-refractivity contribution in [2.45, 2.75) is 12.1 Å². The number of likely N-dealkylation sites (tertiary alicyclic amines) is 1. The molecule has 0 N–H and O–H groups in total. The number of rotatable bonds is 4. The molecule has 0 bridgehead atoms. The number of ether oxygens (including phenoxy) is 1. The minimum absolute atomic E-state index is 0.370. The van der Waals surface area contributed by atoms with Crippen LogP contribution in [-0.4, -0.2) is 35.8 Å². The number of anilines is 1. The molecule has 8 heteroatoms. The van der Waals surface area contributed by atoms with Gasteiger partial charge in [0.25, 0.3) is 0 Å². The van der Waals surface area contributed by atoms with Crippen LogP contribution in [0.2, 0.25) is 10.0 Å². The first-order valence-electron chi connectivity index (χ1n) is 10.7. The van der Waals surface area contributed by atoms with Crippen molar-refractivity contribution in [3.63, 3.8) is 0 Å². The summed E-state index contributed by atoms with van der Waals surface area (Å²) in [6.45, 7) is 0. The minimum atomic E-state index is -0.956. The van der Waals surface area contributed by atoms with Gasteiger partial charge in [0.05, 0.1) is 17.5 Å². The standard InChI is InChI=1S/C26H20Cl2N2O4/c1-29-22(15-6-5-7-17(28)14-15)20-21(23(29)26(33)34-19-8-3-2-4-9-19)25(32)30(24(20)31)18-12-10-16(27)11-13-18/h2-14,20-23H,1H3/t20-,21-,22-,23+/m1/s1. The number of imide groups is 1. The molecule has 0 unspecified atom stereocenters. The Labute approximate surface area is 206 Å². The number of para-hydroxylation sites is 1. The number of hydrogen-bond donors (Lipinski definition) is 0. The van der Waals surface area contributed by atoms with Gasteiger partial charge in [-0.3, -0.25) is 14.5 Å². The number of esters is 1. The Morgan fingerprint density at radius 2 is 1.50 bits per heavy atom. The van der Waals surface area contributed by atoms with Crippen LogP contribution >= 0.6 is 23.2 Å². The maximum atomic E-state index is 13.7. The Morgan fingerprint density at radius 1 is 0.824 bits per heavy atom. The summed E-state index contributed by atoms with van der Waals surface area (Å²) >= 11 is 12.2. The molecule has 2 aliphatic rings. The second kappa shape index (κ2) is 8.87. The van der Waals surface area contributed by atoms with Crippen LogP contribution in [-0.2, 0) is 14.4 Å². The zero-order valence-corrected chi connectivity index (χ0v) is 19.6. The maximum absolute atomic E-state index is 13.7. The first-order chi connectivity index (χ1) is 16.4. The molecule has 0 radical (unpaired) electrons. The maximum Gasteiger partial charge on any atom is 0.329 e. The highest BCUT2D eigenvalue weighted by atomic mass is 35.5. The summed E-state index contributed by atoms with van der Waals surface area (Å²) in [6.07, 6.45) is 0. The predicted molar refractivity (Wildman–Crippen MR) is 129 cm³/mol. The zero-order valence-electron chi connectivity index (χ0n) is 18.1. The summed E-state index contributed by atoms with van der Waals surface area (Å²) in [7, 11) is 1.73. The molecule has 2 aliphatic heterocycles. The molecule has 6 nitrogen and oxygen atoms in total. The molecule has 4 atom stereocenters. The van der Waals surface area contributed by atoms with E-state index in [1.807, 2.05) is 12.1 Å². The molecule has 0 aliphatic carbocycles. The highest BCUT2D eigenvalue weighted by molar-refractivity contribution is 6.31. The van der Waals surface area contributed by atoms with Gasteiger partial charge >= 0.3 is 5.97 Å². The number of halogens is 2. The predicted octanol–water partition coefficient (Wildman–Crippen LogP) is 4.76. The van der Waals surface area contributed by atoms with Crippen LogP contribution in [0, 0.1) is 11.8 Å². The number of carbonyl (C=O) groups excluding carboxylic acids is 3. The Bertz CT molecular complexity index is 1270. The van der Waals surface area contributed by atoms with Crippen LogP contribution in [0.3, 0.4) is 0 Å². The Hall–Kier alpha value is -3.19. The number of hydrogen-bond acceptors (Lipinski definition) is 5. The van der Waals surface area contributed by atoms with Crippen LogP contribution in [0.1, 0.15) is 11.6 Å². The lowest BCUT2D eigenvalue weighted by molar-refractivity contribution is -0.143. The topological polar surface area (TPSA) is 66.9 Å². The van der Waals surface area contributed by atoms with Crippen LogP contribution < -0.4 is 9.64 Å². The lowest BCUT2D eigenvalue weighted by atomic mass is 9.86. The highest BCUT2D eigenvalue weighted by Gasteiger charge is 2.64. The van der Waals surface area contributed by atoms with Gasteiger partial charge in [-0.2, -0.15) is 0 Å². The van der Waals surface area contributed by atoms with Crippen LogP contribution in [0.15, 0.2) is 78.9 Å². The highest BCUT2D eigenvalue weighted by Crippen LogP contribution is 2.50. The number of amides is 2. The monoisotopic (exact) mass is 494 g/mol. The smallest absolute Gasteiger partial charge is 0.329 e. The number of likely N-dealkylation sites (N-methyl/N-ethyl adjacent to an activating group) is 1. The third kappa shape index (κ3) is 3.78. The fourth-order valence-corrected chi connectivity index (χ4v) is 5.34. The molecular weight excluding hydrogens is 475 g/mol. The Balaban J connectivity index is 1.57. The van der Waals surface area contributed by atoms with Gasteiger partial charge in [-0.1, -0.05) is 53.5 Å². The van der Waals surface area contributed by atoms with E-state index in [1.54, 1.807) is 78.7 Å². The lowest BCUT2D eigenvalue weighted by Gasteiger charge is -2.29. The van der Waals surface area contributed by atoms with Crippen molar-refractivity contribution in [2.24, 2.45) is 11.8 Å². The van der Waals surface area contributed by atoms with Crippen LogP contribution in [0.4, 0.5) is 5.69 Å². The molecule has 0 aromatic heterocycles. The van der Waals surface area contributed by atoms with Gasteiger partial charge in [0.2, 0.25) is 11.8 Å². The molecule has 2 heterocycles. The van der Waals surface area contributed by atoms with Gasteiger partial charge in [-0.05, 0) is 61.1 Å². The Morgan fingerprint density at radius 3 is 2.18 bits per heavy atom. The second-order valence-electron chi connectivity index (χ2n) is 8.38. The van der Waals surface area contributed by atoms with E-state index in [1.165, 1.54) is 0 Å². The van der Waals surface area contributed by atoms with E-state index in [9.17, 15) is 14.4 Å². The summed E-state index contributed by atoms with van der Waals surface area (Å²) in [6, 6.07) is 20.8. The normalized spacial score (nSPS) is 24.4. The molecule has 0 spiro atoms. The molecule has 2 fully saturated rings. The summed E-state index contributed by atoms with van der Waals surface area (Å²) in [5.74, 6) is -2.72. The Kier molecular flexibility index (Phi) is 5.90. The van der Waals surface area contributed by atoms with Gasteiger partial charge in [0, 0.05) is 16.1 Å². The fraction of sp³-hybridized carbons (Fsp3) is 0.192. The first kappa shape index (κ1) is 22.6. The first-order valence-corrected chi connectivity index (χ1v) is 11.5. The van der Waals surface area contributed by atoms with Crippen LogP contribution in [0.5, 0.6) is 5.75 Å². The number of benzene rings is 3. The summed E-state index contributed by atoms with van der Waals surface area (Å²) in [4.78, 5) is 43.6. The van der Waals surface area contributed by atoms with E-state index in [0.29, 0.717) is 21.5 Å². The largest absolute Gasteiger partial charge is 0.425 e. The zero-order chi connectivity index (χ0) is 24.0. The van der Waals surface area contributed by atoms with Crippen molar-refractivity contribution >= 4 is 46.7 Å². The molecule has 172 valence electrons. The van der Waals surface area contributed by atoms with E-state index in [2.05, 4.69) is 0 Å². The number of nitrogens with zero attached hydrogens (tertiary/aromatic N) is 2. The fourth-order valence-electron chi connectivity index (χ4n) is 5.01. The molecular formula is C26H20Cl2N2O4. The van der Waals surface area contributed by atoms with Crippen molar-refractivity contribution in [1.29, 1.82) is 0 Å². The molecule has 3 aromatic carbocycles. The van der Waals surface area contributed by atoms with E-state index in [0.717, 1.165) is 10.5 Å². The van der Waals surface area contributed by atoms with E-state index >= 15 is 0 Å². The SMILES string of the molecule is CN1[C@H](C(=O)Oc2ccccc2)[C@@H]2C(=O)N(c3ccc(Cl)cc3)C(=O)[C@H]2[C@H]1c1cccc(Cl)c1. The molecule has 34 heavy (non-hydrogen) atoms. The van der Waals surface area contributed by atoms with Gasteiger partial charge in [0.15, 0.2) is 0 Å². The van der Waals surface area contributed by atoms with E-state index in [4.69, 9.17) is 27.9 Å². The van der Waals surface area contributed by atoms with Crippen molar-refractivity contribution in [3.8, 4) is 5.75 Å². The number of fused-ring (bicyclic) bond motifs is 1. The second-order valence-corrected chi connectivity index (χ2v) is 9.26. The van der Waals surface area contributed by atoms with Crippen molar-refractivity contribution < 1.29 is 19.1 Å². The average molecular weight is 495 g/mol.